The summed E-state index contributed by atoms with van der Waals surface area (Å²) in [7, 11) is -0.555. The molecule has 0 N–H and O–H groups in total. The maximum atomic E-state index is 12.9. The summed E-state index contributed by atoms with van der Waals surface area (Å²) < 4.78 is 25.6. The van der Waals surface area contributed by atoms with Gasteiger partial charge in [-0.1, -0.05) is 30.3 Å². The van der Waals surface area contributed by atoms with Crippen molar-refractivity contribution in [2.75, 3.05) is 45.2 Å². The van der Waals surface area contributed by atoms with Crippen LogP contribution in [0.3, 0.4) is 0 Å². The zero-order valence-corrected chi connectivity index (χ0v) is 18.9. The Morgan fingerprint density at radius 3 is 2.06 bits per heavy atom. The van der Waals surface area contributed by atoms with Crippen LogP contribution in [0, 0.1) is 0 Å². The predicted octanol–water partition coefficient (Wildman–Crippen LogP) is 2.36. The van der Waals surface area contributed by atoms with E-state index in [1.165, 1.54) is 26.2 Å². The van der Waals surface area contributed by atoms with E-state index in [-0.39, 0.29) is 10.8 Å². The van der Waals surface area contributed by atoms with Crippen LogP contribution in [0.2, 0.25) is 0 Å². The first-order valence-electron chi connectivity index (χ1n) is 10.3. The van der Waals surface area contributed by atoms with E-state index in [0.29, 0.717) is 31.7 Å². The van der Waals surface area contributed by atoms with E-state index in [1.807, 2.05) is 42.5 Å². The second kappa shape index (κ2) is 9.05. The van der Waals surface area contributed by atoms with Gasteiger partial charge in [0.15, 0.2) is 5.82 Å². The number of anilines is 1. The average molecular weight is 452 g/mol. The van der Waals surface area contributed by atoms with Crippen molar-refractivity contribution in [3.05, 3.63) is 72.3 Å². The van der Waals surface area contributed by atoms with Crippen LogP contribution in [0.1, 0.15) is 10.4 Å². The van der Waals surface area contributed by atoms with Gasteiger partial charge in [0.1, 0.15) is 0 Å². The number of hydrogen-bond donors (Lipinski definition) is 0. The number of sulfonamides is 1. The smallest absolute Gasteiger partial charge is 0.253 e. The van der Waals surface area contributed by atoms with Crippen LogP contribution in [-0.4, -0.2) is 74.0 Å². The first kappa shape index (κ1) is 21.9. The molecule has 0 atom stereocenters. The minimum Gasteiger partial charge on any atom is -0.352 e. The molecule has 3 aromatic rings. The van der Waals surface area contributed by atoms with Crippen molar-refractivity contribution in [2.45, 2.75) is 4.90 Å². The Morgan fingerprint density at radius 2 is 1.50 bits per heavy atom. The maximum Gasteiger partial charge on any atom is 0.253 e. The summed E-state index contributed by atoms with van der Waals surface area (Å²) >= 11 is 0. The van der Waals surface area contributed by atoms with E-state index in [2.05, 4.69) is 15.1 Å². The fraction of sp³-hybridized carbons (Fsp3) is 0.261. The van der Waals surface area contributed by atoms with Crippen molar-refractivity contribution in [3.63, 3.8) is 0 Å². The van der Waals surface area contributed by atoms with Crippen molar-refractivity contribution in [2.24, 2.45) is 0 Å². The lowest BCUT2D eigenvalue weighted by molar-refractivity contribution is 0.0746. The van der Waals surface area contributed by atoms with Crippen molar-refractivity contribution in [1.82, 2.24) is 19.4 Å². The van der Waals surface area contributed by atoms with E-state index in [4.69, 9.17) is 0 Å². The Hall–Kier alpha value is -3.30. The minimum atomic E-state index is -3.51. The molecule has 1 aromatic heterocycles. The van der Waals surface area contributed by atoms with Gasteiger partial charge in [-0.05, 0) is 36.4 Å². The summed E-state index contributed by atoms with van der Waals surface area (Å²) in [5.74, 6) is 0.680. The first-order chi connectivity index (χ1) is 15.4. The molecule has 0 bridgehead atoms. The molecule has 0 unspecified atom stereocenters. The number of benzene rings is 2. The van der Waals surface area contributed by atoms with Gasteiger partial charge >= 0.3 is 0 Å². The van der Waals surface area contributed by atoms with Crippen molar-refractivity contribution < 1.29 is 13.2 Å². The van der Waals surface area contributed by atoms with E-state index < -0.39 is 10.0 Å². The summed E-state index contributed by atoms with van der Waals surface area (Å²) in [6.07, 6.45) is 0. The number of aromatic nitrogens is 2. The first-order valence-corrected chi connectivity index (χ1v) is 11.8. The molecular weight excluding hydrogens is 426 g/mol. The molecule has 32 heavy (non-hydrogen) atoms. The molecule has 4 rings (SSSR count). The van der Waals surface area contributed by atoms with Crippen molar-refractivity contribution in [1.29, 1.82) is 0 Å². The number of hydrogen-bond acceptors (Lipinski definition) is 6. The number of carbonyl (C=O) groups is 1. The molecule has 1 aliphatic rings. The number of carbonyl (C=O) groups excluding carboxylic acids is 1. The molecule has 0 aliphatic carbocycles. The SMILES string of the molecule is CN(C)S(=O)(=O)c1ccc(C(=O)N2CCN(c3ccc(-c4ccccc4)nn3)CC2)cc1. The topological polar surface area (TPSA) is 86.7 Å². The normalized spacial score (nSPS) is 14.6. The Balaban J connectivity index is 1.38. The van der Waals surface area contributed by atoms with Gasteiger partial charge in [-0.25, -0.2) is 12.7 Å². The Bertz CT molecular complexity index is 1170. The highest BCUT2D eigenvalue weighted by molar-refractivity contribution is 7.89. The summed E-state index contributed by atoms with van der Waals surface area (Å²) in [5, 5.41) is 8.71. The Kier molecular flexibility index (Phi) is 6.20. The zero-order valence-electron chi connectivity index (χ0n) is 18.0. The zero-order chi connectivity index (χ0) is 22.7. The third-order valence-corrected chi connectivity index (χ3v) is 7.32. The highest BCUT2D eigenvalue weighted by Gasteiger charge is 2.24. The summed E-state index contributed by atoms with van der Waals surface area (Å²) in [5.41, 5.74) is 2.32. The highest BCUT2D eigenvalue weighted by atomic mass is 32.2. The lowest BCUT2D eigenvalue weighted by Gasteiger charge is -2.35. The molecule has 1 aliphatic heterocycles. The number of amides is 1. The molecule has 8 nitrogen and oxygen atoms in total. The van der Waals surface area contributed by atoms with Crippen molar-refractivity contribution in [3.8, 4) is 11.3 Å². The van der Waals surface area contributed by atoms with Crippen LogP contribution in [0.25, 0.3) is 11.3 Å². The average Bonchev–Trinajstić information content (AvgIpc) is 2.84. The number of piperazine rings is 1. The van der Waals surface area contributed by atoms with Gasteiger partial charge < -0.3 is 9.80 Å². The van der Waals surface area contributed by atoms with Gasteiger partial charge in [0.2, 0.25) is 10.0 Å². The van der Waals surface area contributed by atoms with Gasteiger partial charge in [-0.15, -0.1) is 10.2 Å². The highest BCUT2D eigenvalue weighted by Crippen LogP contribution is 2.20. The summed E-state index contributed by atoms with van der Waals surface area (Å²) in [4.78, 5) is 16.9. The molecule has 0 radical (unpaired) electrons. The second-order valence-electron chi connectivity index (χ2n) is 7.73. The standard InChI is InChI=1S/C23H25N5O3S/c1-26(2)32(30,31)20-10-8-19(9-11-20)23(29)28-16-14-27(15-17-28)22-13-12-21(24-25-22)18-6-4-3-5-7-18/h3-13H,14-17H2,1-2H3. The molecule has 1 saturated heterocycles. The molecule has 0 spiro atoms. The number of rotatable bonds is 5. The molecule has 1 fully saturated rings. The summed E-state index contributed by atoms with van der Waals surface area (Å²) in [6.45, 7) is 2.41. The molecule has 9 heteroatoms. The quantitative estimate of drug-likeness (QED) is 0.592. The monoisotopic (exact) mass is 451 g/mol. The van der Waals surface area contributed by atoms with Crippen LogP contribution in [-0.2, 0) is 10.0 Å². The fourth-order valence-corrected chi connectivity index (χ4v) is 4.46. The maximum absolute atomic E-state index is 12.9. The van der Waals surface area contributed by atoms with Gasteiger partial charge in [0.05, 0.1) is 10.6 Å². The van der Waals surface area contributed by atoms with E-state index in [0.717, 1.165) is 21.4 Å². The molecule has 0 saturated carbocycles. The van der Waals surface area contributed by atoms with E-state index in [1.54, 1.807) is 17.0 Å². The van der Waals surface area contributed by atoms with Crippen LogP contribution >= 0.6 is 0 Å². The molecule has 2 aromatic carbocycles. The molecular formula is C23H25N5O3S. The lowest BCUT2D eigenvalue weighted by atomic mass is 10.1. The minimum absolute atomic E-state index is 0.107. The van der Waals surface area contributed by atoms with Crippen LogP contribution < -0.4 is 4.90 Å². The second-order valence-corrected chi connectivity index (χ2v) is 9.89. The third-order valence-electron chi connectivity index (χ3n) is 5.49. The molecule has 1 amide bonds. The third kappa shape index (κ3) is 4.49. The number of nitrogens with zero attached hydrogens (tertiary/aromatic N) is 5. The molecule has 166 valence electrons. The molecule has 2 heterocycles. The van der Waals surface area contributed by atoms with E-state index >= 15 is 0 Å². The van der Waals surface area contributed by atoms with Crippen LogP contribution in [0.5, 0.6) is 0 Å². The van der Waals surface area contributed by atoms with Gasteiger partial charge in [-0.3, -0.25) is 4.79 Å². The van der Waals surface area contributed by atoms with Crippen LogP contribution in [0.15, 0.2) is 71.6 Å². The predicted molar refractivity (Wildman–Crippen MR) is 123 cm³/mol. The van der Waals surface area contributed by atoms with Crippen molar-refractivity contribution >= 4 is 21.7 Å². The van der Waals surface area contributed by atoms with Gasteiger partial charge in [-0.2, -0.15) is 0 Å². The lowest BCUT2D eigenvalue weighted by Crippen LogP contribution is -2.49. The largest absolute Gasteiger partial charge is 0.352 e. The Morgan fingerprint density at radius 1 is 0.844 bits per heavy atom. The van der Waals surface area contributed by atoms with Crippen LogP contribution in [0.4, 0.5) is 5.82 Å². The fourth-order valence-electron chi connectivity index (χ4n) is 3.56. The van der Waals surface area contributed by atoms with Gasteiger partial charge in [0.25, 0.3) is 5.91 Å². The van der Waals surface area contributed by atoms with E-state index in [9.17, 15) is 13.2 Å². The van der Waals surface area contributed by atoms with Gasteiger partial charge in [0, 0.05) is 51.4 Å². The summed E-state index contributed by atoms with van der Waals surface area (Å²) in [6, 6.07) is 19.9. The Labute approximate surface area is 188 Å².